The van der Waals surface area contributed by atoms with Crippen LogP contribution >= 0.6 is 0 Å². The molecule has 0 bridgehead atoms. The lowest BCUT2D eigenvalue weighted by molar-refractivity contribution is -0.128. The molecule has 2 heterocycles. The molecule has 46 heavy (non-hydrogen) atoms. The Balaban J connectivity index is 0.000000222. The second-order valence-electron chi connectivity index (χ2n) is 14.5. The SMILES string of the molecule is CC1(C)CC(=O)CC(C)(COCc2ccccc2)N1.CC1(COCc2ccccc2)CC(=O)CC(C)(COCc2ccccc2)N1. The molecule has 2 N–H and O–H groups in total. The largest absolute Gasteiger partial charge is 0.375 e. The summed E-state index contributed by atoms with van der Waals surface area (Å²) in [5, 5.41) is 7.18. The molecular formula is C39H52N2O5. The molecule has 3 aromatic rings. The highest BCUT2D eigenvalue weighted by atomic mass is 16.5. The van der Waals surface area contributed by atoms with Gasteiger partial charge in [0.15, 0.2) is 0 Å². The number of ketones is 2. The summed E-state index contributed by atoms with van der Waals surface area (Å²) in [6, 6.07) is 30.3. The molecule has 2 saturated heterocycles. The van der Waals surface area contributed by atoms with E-state index in [0.29, 0.717) is 71.1 Å². The summed E-state index contributed by atoms with van der Waals surface area (Å²) in [5.74, 6) is 0.569. The molecular weight excluding hydrogens is 576 g/mol. The third kappa shape index (κ3) is 11.9. The minimum absolute atomic E-state index is 0.139. The molecule has 3 unspecified atom stereocenters. The van der Waals surface area contributed by atoms with Gasteiger partial charge in [0.25, 0.3) is 0 Å². The fourth-order valence-corrected chi connectivity index (χ4v) is 6.81. The molecule has 3 aromatic carbocycles. The van der Waals surface area contributed by atoms with Crippen molar-refractivity contribution in [1.82, 2.24) is 10.6 Å². The average Bonchev–Trinajstić information content (AvgIpc) is 2.97. The van der Waals surface area contributed by atoms with Crippen LogP contribution in [-0.2, 0) is 43.6 Å². The molecule has 5 rings (SSSR count). The predicted octanol–water partition coefficient (Wildman–Crippen LogP) is 6.58. The van der Waals surface area contributed by atoms with E-state index in [4.69, 9.17) is 14.2 Å². The highest BCUT2D eigenvalue weighted by Crippen LogP contribution is 2.28. The summed E-state index contributed by atoms with van der Waals surface area (Å²) >= 11 is 0. The first-order valence-corrected chi connectivity index (χ1v) is 16.3. The molecule has 0 radical (unpaired) electrons. The standard InChI is InChI=1S/C23H29NO3.C16H23NO2/c1-22(17-26-15-19-9-5-3-6-10-19)13-21(25)14-23(2,24-22)18-27-16-20-11-7-4-8-12-20;1-15(2)9-14(18)10-16(3,17-15)12-19-11-13-7-5-4-6-8-13/h3-12,24H,13-18H2,1-2H3;4-8,17H,9-12H2,1-3H3. The molecule has 0 amide bonds. The van der Waals surface area contributed by atoms with Gasteiger partial charge in [-0.1, -0.05) is 91.0 Å². The van der Waals surface area contributed by atoms with E-state index in [0.717, 1.165) is 16.7 Å². The lowest BCUT2D eigenvalue weighted by atomic mass is 9.80. The quantitative estimate of drug-likeness (QED) is 0.234. The Hall–Kier alpha value is -3.20. The van der Waals surface area contributed by atoms with Gasteiger partial charge < -0.3 is 24.8 Å². The Kier molecular flexibility index (Phi) is 12.5. The van der Waals surface area contributed by atoms with Gasteiger partial charge in [-0.25, -0.2) is 0 Å². The van der Waals surface area contributed by atoms with Crippen molar-refractivity contribution in [2.24, 2.45) is 0 Å². The van der Waals surface area contributed by atoms with Crippen molar-refractivity contribution in [1.29, 1.82) is 0 Å². The summed E-state index contributed by atoms with van der Waals surface area (Å²) < 4.78 is 17.6. The second-order valence-corrected chi connectivity index (χ2v) is 14.5. The molecule has 0 saturated carbocycles. The summed E-state index contributed by atoms with van der Waals surface area (Å²) in [7, 11) is 0. The van der Waals surface area contributed by atoms with Gasteiger partial charge in [0.2, 0.25) is 0 Å². The van der Waals surface area contributed by atoms with Crippen LogP contribution in [0.2, 0.25) is 0 Å². The van der Waals surface area contributed by atoms with Crippen LogP contribution in [0.25, 0.3) is 0 Å². The Morgan fingerprint density at radius 3 is 1.11 bits per heavy atom. The van der Waals surface area contributed by atoms with E-state index in [1.54, 1.807) is 0 Å². The van der Waals surface area contributed by atoms with Gasteiger partial charge in [0, 0.05) is 47.8 Å². The van der Waals surface area contributed by atoms with E-state index in [1.807, 2.05) is 91.0 Å². The second kappa shape index (κ2) is 16.1. The Labute approximate surface area is 275 Å². The van der Waals surface area contributed by atoms with Crippen molar-refractivity contribution in [2.75, 3.05) is 19.8 Å². The van der Waals surface area contributed by atoms with Gasteiger partial charge in [-0.05, 0) is 51.3 Å². The van der Waals surface area contributed by atoms with Crippen LogP contribution in [0.4, 0.5) is 0 Å². The van der Waals surface area contributed by atoms with E-state index in [9.17, 15) is 9.59 Å². The van der Waals surface area contributed by atoms with Crippen molar-refractivity contribution in [2.45, 2.75) is 102 Å². The number of piperidine rings is 2. The monoisotopic (exact) mass is 628 g/mol. The fraction of sp³-hybridized carbons (Fsp3) is 0.487. The Morgan fingerprint density at radius 1 is 0.478 bits per heavy atom. The number of ether oxygens (including phenoxy) is 3. The highest BCUT2D eigenvalue weighted by molar-refractivity contribution is 5.82. The first-order valence-electron chi connectivity index (χ1n) is 16.3. The summed E-state index contributed by atoms with van der Waals surface area (Å²) in [6.45, 7) is 13.5. The zero-order valence-electron chi connectivity index (χ0n) is 28.3. The number of carbonyl (C=O) groups excluding carboxylic acids is 2. The fourth-order valence-electron chi connectivity index (χ4n) is 6.81. The zero-order valence-corrected chi connectivity index (χ0v) is 28.3. The highest BCUT2D eigenvalue weighted by Gasteiger charge is 2.43. The van der Waals surface area contributed by atoms with Crippen LogP contribution in [0.1, 0.15) is 77.0 Å². The van der Waals surface area contributed by atoms with Gasteiger partial charge in [-0.15, -0.1) is 0 Å². The van der Waals surface area contributed by atoms with Crippen LogP contribution in [0.5, 0.6) is 0 Å². The lowest BCUT2D eigenvalue weighted by Gasteiger charge is -2.45. The van der Waals surface area contributed by atoms with Gasteiger partial charge >= 0.3 is 0 Å². The van der Waals surface area contributed by atoms with Crippen molar-refractivity contribution in [3.63, 3.8) is 0 Å². The summed E-state index contributed by atoms with van der Waals surface area (Å²) in [6.07, 6.45) is 2.11. The molecule has 248 valence electrons. The first kappa shape index (κ1) is 35.7. The van der Waals surface area contributed by atoms with Gasteiger partial charge in [-0.2, -0.15) is 0 Å². The third-order valence-corrected chi connectivity index (χ3v) is 8.24. The maximum absolute atomic E-state index is 12.4. The van der Waals surface area contributed by atoms with Crippen molar-refractivity contribution in [3.8, 4) is 0 Å². The molecule has 7 nitrogen and oxygen atoms in total. The van der Waals surface area contributed by atoms with E-state index < -0.39 is 0 Å². The van der Waals surface area contributed by atoms with Crippen molar-refractivity contribution in [3.05, 3.63) is 108 Å². The topological polar surface area (TPSA) is 85.9 Å². The minimum Gasteiger partial charge on any atom is -0.375 e. The van der Waals surface area contributed by atoms with Gasteiger partial charge in [0.1, 0.15) is 11.6 Å². The molecule has 2 aliphatic heterocycles. The number of rotatable bonds is 12. The first-order chi connectivity index (χ1) is 21.9. The normalized spacial score (nSPS) is 25.8. The zero-order chi connectivity index (χ0) is 33.1. The smallest absolute Gasteiger partial charge is 0.136 e. The maximum Gasteiger partial charge on any atom is 0.136 e. The van der Waals surface area contributed by atoms with Gasteiger partial charge in [-0.3, -0.25) is 9.59 Å². The Morgan fingerprint density at radius 2 is 0.783 bits per heavy atom. The molecule has 0 aromatic heterocycles. The number of Topliss-reactive ketones (excluding diaryl/α,β-unsaturated/α-hetero) is 2. The van der Waals surface area contributed by atoms with E-state index >= 15 is 0 Å². The third-order valence-electron chi connectivity index (χ3n) is 8.24. The molecule has 0 aliphatic carbocycles. The molecule has 7 heteroatoms. The molecule has 0 spiro atoms. The van der Waals surface area contributed by atoms with Crippen molar-refractivity contribution >= 4 is 11.6 Å². The van der Waals surface area contributed by atoms with Crippen LogP contribution in [0.15, 0.2) is 91.0 Å². The van der Waals surface area contributed by atoms with Crippen molar-refractivity contribution < 1.29 is 23.8 Å². The van der Waals surface area contributed by atoms with Crippen LogP contribution < -0.4 is 10.6 Å². The lowest BCUT2D eigenvalue weighted by Crippen LogP contribution is -2.64. The maximum atomic E-state index is 12.4. The average molecular weight is 629 g/mol. The number of hydrogen-bond acceptors (Lipinski definition) is 7. The number of benzene rings is 3. The predicted molar refractivity (Wildman–Crippen MR) is 182 cm³/mol. The van der Waals surface area contributed by atoms with Crippen LogP contribution in [0.3, 0.4) is 0 Å². The molecule has 3 atom stereocenters. The number of carbonyl (C=O) groups is 2. The molecule has 2 aliphatic rings. The summed E-state index contributed by atoms with van der Waals surface area (Å²) in [4.78, 5) is 24.2. The van der Waals surface area contributed by atoms with E-state index in [2.05, 4.69) is 45.3 Å². The minimum atomic E-state index is -0.380. The Bertz CT molecular complexity index is 1320. The number of nitrogens with one attached hydrogen (secondary N) is 2. The number of hydrogen-bond donors (Lipinski definition) is 2. The van der Waals surface area contributed by atoms with Gasteiger partial charge in [0.05, 0.1) is 39.6 Å². The van der Waals surface area contributed by atoms with E-state index in [1.165, 1.54) is 0 Å². The van der Waals surface area contributed by atoms with Crippen LogP contribution in [-0.4, -0.2) is 53.5 Å². The molecule has 2 fully saturated rings. The summed E-state index contributed by atoms with van der Waals surface area (Å²) in [5.41, 5.74) is 2.28. The van der Waals surface area contributed by atoms with E-state index in [-0.39, 0.29) is 27.9 Å². The van der Waals surface area contributed by atoms with Crippen LogP contribution in [0, 0.1) is 0 Å².